The predicted octanol–water partition coefficient (Wildman–Crippen LogP) is 2.68. The van der Waals surface area contributed by atoms with Crippen molar-refractivity contribution in [2.24, 2.45) is 5.92 Å². The summed E-state index contributed by atoms with van der Waals surface area (Å²) >= 11 is 0. The fourth-order valence-electron chi connectivity index (χ4n) is 4.34. The Morgan fingerprint density at radius 3 is 1.86 bits per heavy atom. The summed E-state index contributed by atoms with van der Waals surface area (Å²) in [5.41, 5.74) is 1.32. The number of piperazine rings is 1. The van der Waals surface area contributed by atoms with Gasteiger partial charge in [-0.25, -0.2) is 18.4 Å². The molecular formula is C25H29F2N3O5. The molecule has 188 valence electrons. The minimum atomic E-state index is -1.82. The van der Waals surface area contributed by atoms with Gasteiger partial charge in [-0.2, -0.15) is 0 Å². The number of nitrogens with zero attached hydrogens (tertiary/aromatic N) is 3. The van der Waals surface area contributed by atoms with Gasteiger partial charge >= 0.3 is 11.9 Å². The molecule has 35 heavy (non-hydrogen) atoms. The van der Waals surface area contributed by atoms with Crippen molar-refractivity contribution in [2.75, 3.05) is 44.2 Å². The Balaban J connectivity index is 0.000000509. The third kappa shape index (κ3) is 7.22. The number of para-hydroxylation sites is 1. The number of carboxylic acid groups (broad SMARTS) is 2. The molecule has 2 saturated heterocycles. The second kappa shape index (κ2) is 12.3. The normalized spacial score (nSPS) is 16.9. The summed E-state index contributed by atoms with van der Waals surface area (Å²) in [5, 5.41) is 14.8. The number of carbonyl (C=O) groups excluding carboxylic acids is 1. The smallest absolute Gasteiger partial charge is 0.414 e. The van der Waals surface area contributed by atoms with Gasteiger partial charge in [-0.15, -0.1) is 0 Å². The van der Waals surface area contributed by atoms with Gasteiger partial charge in [-0.3, -0.25) is 9.69 Å². The first-order valence-electron chi connectivity index (χ1n) is 11.5. The topological polar surface area (TPSA) is 101 Å². The lowest BCUT2D eigenvalue weighted by Crippen LogP contribution is -2.51. The molecule has 2 aliphatic rings. The molecule has 0 aliphatic carbocycles. The lowest BCUT2D eigenvalue weighted by molar-refractivity contribution is -0.159. The molecule has 0 bridgehead atoms. The summed E-state index contributed by atoms with van der Waals surface area (Å²) < 4.78 is 27.8. The maximum atomic E-state index is 14.0. The molecule has 0 saturated carbocycles. The van der Waals surface area contributed by atoms with Crippen molar-refractivity contribution >= 4 is 23.5 Å². The van der Waals surface area contributed by atoms with Crippen molar-refractivity contribution < 1.29 is 33.4 Å². The van der Waals surface area contributed by atoms with Crippen LogP contribution in [0.15, 0.2) is 48.5 Å². The molecule has 0 unspecified atom stereocenters. The second-order valence-corrected chi connectivity index (χ2v) is 8.52. The standard InChI is InChI=1S/C23H27F2N3O.C2H2O4/c24-20-6-2-1-5-19(20)17-26-11-9-18(10-12-26)23(29)28-15-13-27(14-16-28)22-8-4-3-7-21(22)25;3-1(4)2(5)6/h1-8,18H,9-17H2;(H,3,4)(H,5,6). The number of carboxylic acids is 2. The van der Waals surface area contributed by atoms with Crippen molar-refractivity contribution in [1.82, 2.24) is 9.80 Å². The molecular weight excluding hydrogens is 460 g/mol. The number of benzene rings is 2. The van der Waals surface area contributed by atoms with Gasteiger partial charge in [0.1, 0.15) is 11.6 Å². The van der Waals surface area contributed by atoms with Crippen LogP contribution in [0.4, 0.5) is 14.5 Å². The largest absolute Gasteiger partial charge is 0.473 e. The molecule has 0 radical (unpaired) electrons. The number of rotatable bonds is 4. The first-order chi connectivity index (χ1) is 16.8. The van der Waals surface area contributed by atoms with Crippen LogP contribution in [0.25, 0.3) is 0 Å². The van der Waals surface area contributed by atoms with Crippen LogP contribution in [0.2, 0.25) is 0 Å². The lowest BCUT2D eigenvalue weighted by atomic mass is 9.94. The maximum Gasteiger partial charge on any atom is 0.414 e. The average Bonchev–Trinajstić information content (AvgIpc) is 2.86. The van der Waals surface area contributed by atoms with E-state index in [-0.39, 0.29) is 23.5 Å². The number of hydrogen-bond donors (Lipinski definition) is 2. The summed E-state index contributed by atoms with van der Waals surface area (Å²) in [7, 11) is 0. The Bertz CT molecular complexity index is 1020. The Morgan fingerprint density at radius 1 is 0.771 bits per heavy atom. The highest BCUT2D eigenvalue weighted by atomic mass is 19.1. The zero-order valence-corrected chi connectivity index (χ0v) is 19.3. The zero-order chi connectivity index (χ0) is 25.4. The van der Waals surface area contributed by atoms with Gasteiger partial charge in [0.25, 0.3) is 0 Å². The van der Waals surface area contributed by atoms with Crippen LogP contribution >= 0.6 is 0 Å². The molecule has 2 N–H and O–H groups in total. The van der Waals surface area contributed by atoms with E-state index < -0.39 is 11.9 Å². The summed E-state index contributed by atoms with van der Waals surface area (Å²) in [6, 6.07) is 13.7. The van der Waals surface area contributed by atoms with Crippen molar-refractivity contribution in [2.45, 2.75) is 19.4 Å². The molecule has 2 aromatic carbocycles. The van der Waals surface area contributed by atoms with E-state index in [2.05, 4.69) is 4.90 Å². The predicted molar refractivity (Wildman–Crippen MR) is 125 cm³/mol. The monoisotopic (exact) mass is 489 g/mol. The maximum absolute atomic E-state index is 14.0. The molecule has 2 aromatic rings. The number of hydrogen-bond acceptors (Lipinski definition) is 5. The van der Waals surface area contributed by atoms with Gasteiger partial charge in [0.05, 0.1) is 5.69 Å². The fourth-order valence-corrected chi connectivity index (χ4v) is 4.34. The van der Waals surface area contributed by atoms with Gasteiger partial charge in [0.2, 0.25) is 5.91 Å². The molecule has 2 heterocycles. The van der Waals surface area contributed by atoms with Crippen LogP contribution in [0.1, 0.15) is 18.4 Å². The Morgan fingerprint density at radius 2 is 1.31 bits per heavy atom. The molecule has 4 rings (SSSR count). The number of carbonyl (C=O) groups is 3. The van der Waals surface area contributed by atoms with Gasteiger partial charge in [-0.1, -0.05) is 30.3 Å². The number of likely N-dealkylation sites (tertiary alicyclic amines) is 1. The zero-order valence-electron chi connectivity index (χ0n) is 19.3. The highest BCUT2D eigenvalue weighted by molar-refractivity contribution is 6.27. The van der Waals surface area contributed by atoms with Crippen molar-refractivity contribution in [1.29, 1.82) is 0 Å². The first kappa shape index (κ1) is 26.1. The van der Waals surface area contributed by atoms with Crippen molar-refractivity contribution in [3.63, 3.8) is 0 Å². The number of halogens is 2. The third-order valence-electron chi connectivity index (χ3n) is 6.26. The Kier molecular flexibility index (Phi) is 9.13. The SMILES string of the molecule is O=C(C1CCN(Cc2ccccc2F)CC1)N1CCN(c2ccccc2F)CC1.O=C(O)C(=O)O. The summed E-state index contributed by atoms with van der Waals surface area (Å²) in [6.07, 6.45) is 1.61. The minimum Gasteiger partial charge on any atom is -0.473 e. The summed E-state index contributed by atoms with van der Waals surface area (Å²) in [6.45, 7) is 4.76. The van der Waals surface area contributed by atoms with Crippen LogP contribution in [-0.4, -0.2) is 77.1 Å². The van der Waals surface area contributed by atoms with Gasteiger partial charge in [0.15, 0.2) is 0 Å². The third-order valence-corrected chi connectivity index (χ3v) is 6.26. The van der Waals surface area contributed by atoms with E-state index in [1.54, 1.807) is 18.2 Å². The highest BCUT2D eigenvalue weighted by Gasteiger charge is 2.31. The Labute approximate surface area is 202 Å². The molecule has 1 amide bonds. The van der Waals surface area contributed by atoms with Crippen LogP contribution in [-0.2, 0) is 20.9 Å². The van der Waals surface area contributed by atoms with E-state index in [1.165, 1.54) is 12.1 Å². The van der Waals surface area contributed by atoms with Crippen LogP contribution < -0.4 is 4.90 Å². The van der Waals surface area contributed by atoms with Crippen molar-refractivity contribution in [3.8, 4) is 0 Å². The van der Waals surface area contributed by atoms with E-state index >= 15 is 0 Å². The van der Waals surface area contributed by atoms with Crippen molar-refractivity contribution in [3.05, 3.63) is 65.7 Å². The molecule has 0 atom stereocenters. The Hall–Kier alpha value is -3.53. The minimum absolute atomic E-state index is 0.0341. The molecule has 2 aliphatic heterocycles. The number of piperidine rings is 1. The summed E-state index contributed by atoms with van der Waals surface area (Å²) in [5.74, 6) is -3.78. The highest BCUT2D eigenvalue weighted by Crippen LogP contribution is 2.24. The molecule has 0 aromatic heterocycles. The van der Waals surface area contributed by atoms with Crippen LogP contribution in [0.5, 0.6) is 0 Å². The molecule has 2 fully saturated rings. The fraction of sp³-hybridized carbons (Fsp3) is 0.400. The van der Waals surface area contributed by atoms with E-state index in [4.69, 9.17) is 19.8 Å². The van der Waals surface area contributed by atoms with Gasteiger partial charge < -0.3 is 20.0 Å². The average molecular weight is 490 g/mol. The molecule has 0 spiro atoms. The second-order valence-electron chi connectivity index (χ2n) is 8.52. The van der Waals surface area contributed by atoms with E-state index in [0.29, 0.717) is 44.0 Å². The number of anilines is 1. The van der Waals surface area contributed by atoms with Crippen LogP contribution in [0, 0.1) is 17.6 Å². The van der Waals surface area contributed by atoms with E-state index in [1.807, 2.05) is 28.0 Å². The van der Waals surface area contributed by atoms with Gasteiger partial charge in [0, 0.05) is 44.2 Å². The lowest BCUT2D eigenvalue weighted by Gasteiger charge is -2.39. The van der Waals surface area contributed by atoms with E-state index in [9.17, 15) is 13.6 Å². The number of aliphatic carboxylic acids is 2. The molecule has 10 heteroatoms. The number of amides is 1. The van der Waals surface area contributed by atoms with Crippen LogP contribution in [0.3, 0.4) is 0 Å². The first-order valence-corrected chi connectivity index (χ1v) is 11.5. The quantitative estimate of drug-likeness (QED) is 0.637. The van der Waals surface area contributed by atoms with E-state index in [0.717, 1.165) is 25.9 Å². The van der Waals surface area contributed by atoms with Gasteiger partial charge in [-0.05, 0) is 44.1 Å². The molecule has 8 nitrogen and oxygen atoms in total. The summed E-state index contributed by atoms with van der Waals surface area (Å²) in [4.78, 5) is 37.3.